The maximum absolute atomic E-state index is 6.04. The van der Waals surface area contributed by atoms with Crippen molar-refractivity contribution in [3.05, 3.63) is 82.4 Å². The molecular formula is C22H20ClN3. The van der Waals surface area contributed by atoms with Crippen LogP contribution in [0.5, 0.6) is 0 Å². The average molecular weight is 362 g/mol. The first kappa shape index (κ1) is 16.7. The molecule has 0 aliphatic carbocycles. The molecule has 4 rings (SSSR count). The first-order chi connectivity index (χ1) is 12.5. The fraction of sp³-hybridized carbons (Fsp3) is 0.136. The molecular weight excluding hydrogens is 342 g/mol. The van der Waals surface area contributed by atoms with Gasteiger partial charge in [0.15, 0.2) is 0 Å². The topological polar surface area (TPSA) is 43.8 Å². The summed E-state index contributed by atoms with van der Waals surface area (Å²) in [7, 11) is 0. The van der Waals surface area contributed by atoms with Crippen LogP contribution in [0.25, 0.3) is 22.4 Å². The number of anilines is 1. The molecule has 0 atom stereocenters. The third-order valence-corrected chi connectivity index (χ3v) is 5.01. The van der Waals surface area contributed by atoms with Crippen LogP contribution in [0.15, 0.2) is 60.7 Å². The number of imidazole rings is 1. The summed E-state index contributed by atoms with van der Waals surface area (Å²) in [5.74, 6) is 0.923. The normalized spacial score (nSPS) is 11.2. The Hall–Kier alpha value is -2.78. The summed E-state index contributed by atoms with van der Waals surface area (Å²) >= 11 is 6.04. The van der Waals surface area contributed by atoms with Crippen molar-refractivity contribution in [3.63, 3.8) is 0 Å². The van der Waals surface area contributed by atoms with Gasteiger partial charge in [0, 0.05) is 22.8 Å². The van der Waals surface area contributed by atoms with E-state index >= 15 is 0 Å². The predicted molar refractivity (Wildman–Crippen MR) is 110 cm³/mol. The lowest BCUT2D eigenvalue weighted by Gasteiger charge is -2.11. The van der Waals surface area contributed by atoms with Crippen molar-refractivity contribution in [1.29, 1.82) is 0 Å². The zero-order valence-corrected chi connectivity index (χ0v) is 15.6. The Morgan fingerprint density at radius 3 is 2.42 bits per heavy atom. The van der Waals surface area contributed by atoms with Crippen LogP contribution in [0.3, 0.4) is 0 Å². The summed E-state index contributed by atoms with van der Waals surface area (Å²) in [4.78, 5) is 4.92. The molecule has 0 aliphatic heterocycles. The summed E-state index contributed by atoms with van der Waals surface area (Å²) in [6.45, 7) is 4.97. The molecule has 3 nitrogen and oxygen atoms in total. The van der Waals surface area contributed by atoms with Gasteiger partial charge in [-0.1, -0.05) is 35.9 Å². The molecule has 0 amide bonds. The summed E-state index contributed by atoms with van der Waals surface area (Å²) in [5.41, 5.74) is 13.6. The van der Waals surface area contributed by atoms with Gasteiger partial charge in [0.1, 0.15) is 5.82 Å². The van der Waals surface area contributed by atoms with Crippen molar-refractivity contribution in [1.82, 2.24) is 9.55 Å². The van der Waals surface area contributed by atoms with E-state index in [2.05, 4.69) is 48.7 Å². The molecule has 0 saturated heterocycles. The number of halogens is 1. The standard InChI is InChI=1S/C22H20ClN3/c1-14-10-20-21(11-15(14)2)26(13-16-6-8-18(23)9-7-16)22(25-20)17-4-3-5-19(24)12-17/h3-12H,13,24H2,1-2H3. The first-order valence-corrected chi connectivity index (χ1v) is 8.97. The molecule has 0 spiro atoms. The highest BCUT2D eigenvalue weighted by Gasteiger charge is 2.14. The number of hydrogen-bond acceptors (Lipinski definition) is 2. The minimum atomic E-state index is 0.723. The molecule has 130 valence electrons. The summed E-state index contributed by atoms with van der Waals surface area (Å²) < 4.78 is 2.25. The van der Waals surface area contributed by atoms with Crippen LogP contribution in [-0.4, -0.2) is 9.55 Å². The van der Waals surface area contributed by atoms with Crippen molar-refractivity contribution in [2.75, 3.05) is 5.73 Å². The van der Waals surface area contributed by atoms with E-state index < -0.39 is 0 Å². The smallest absolute Gasteiger partial charge is 0.141 e. The maximum atomic E-state index is 6.04. The molecule has 0 saturated carbocycles. The van der Waals surface area contributed by atoms with Gasteiger partial charge in [-0.15, -0.1) is 0 Å². The summed E-state index contributed by atoms with van der Waals surface area (Å²) in [6, 6.07) is 20.2. The van der Waals surface area contributed by atoms with Gasteiger partial charge in [-0.05, 0) is 66.9 Å². The van der Waals surface area contributed by atoms with E-state index in [-0.39, 0.29) is 0 Å². The quantitative estimate of drug-likeness (QED) is 0.482. The lowest BCUT2D eigenvalue weighted by molar-refractivity contribution is 0.834. The van der Waals surface area contributed by atoms with Crippen LogP contribution in [0.4, 0.5) is 5.69 Å². The molecule has 0 bridgehead atoms. The predicted octanol–water partition coefficient (Wildman–Crippen LogP) is 5.60. The third-order valence-electron chi connectivity index (χ3n) is 4.76. The highest BCUT2D eigenvalue weighted by atomic mass is 35.5. The lowest BCUT2D eigenvalue weighted by Crippen LogP contribution is -2.02. The number of hydrogen-bond donors (Lipinski definition) is 1. The van der Waals surface area contributed by atoms with Gasteiger partial charge in [0.2, 0.25) is 0 Å². The fourth-order valence-corrected chi connectivity index (χ4v) is 3.34. The van der Waals surface area contributed by atoms with Crippen molar-refractivity contribution < 1.29 is 0 Å². The number of aromatic nitrogens is 2. The van der Waals surface area contributed by atoms with Crippen molar-refractivity contribution in [2.24, 2.45) is 0 Å². The van der Waals surface area contributed by atoms with Gasteiger partial charge < -0.3 is 10.3 Å². The lowest BCUT2D eigenvalue weighted by atomic mass is 10.1. The monoisotopic (exact) mass is 361 g/mol. The van der Waals surface area contributed by atoms with E-state index in [1.54, 1.807) is 0 Å². The van der Waals surface area contributed by atoms with E-state index in [0.29, 0.717) is 0 Å². The van der Waals surface area contributed by atoms with E-state index in [1.807, 2.05) is 30.3 Å². The number of nitrogen functional groups attached to an aromatic ring is 1. The second-order valence-electron chi connectivity index (χ2n) is 6.70. The average Bonchev–Trinajstić information content (AvgIpc) is 2.95. The molecule has 0 aliphatic rings. The zero-order chi connectivity index (χ0) is 18.3. The van der Waals surface area contributed by atoms with Crippen LogP contribution in [0.2, 0.25) is 5.02 Å². The van der Waals surface area contributed by atoms with E-state index in [4.69, 9.17) is 22.3 Å². The first-order valence-electron chi connectivity index (χ1n) is 8.59. The largest absolute Gasteiger partial charge is 0.399 e. The number of fused-ring (bicyclic) bond motifs is 1. The van der Waals surface area contributed by atoms with Crippen LogP contribution in [0.1, 0.15) is 16.7 Å². The van der Waals surface area contributed by atoms with Crippen LogP contribution in [0, 0.1) is 13.8 Å². The number of rotatable bonds is 3. The Balaban J connectivity index is 1.93. The van der Waals surface area contributed by atoms with Crippen LogP contribution < -0.4 is 5.73 Å². The number of benzene rings is 3. The molecule has 4 heteroatoms. The van der Waals surface area contributed by atoms with E-state index in [9.17, 15) is 0 Å². The molecule has 26 heavy (non-hydrogen) atoms. The number of aryl methyl sites for hydroxylation is 2. The molecule has 0 unspecified atom stereocenters. The minimum absolute atomic E-state index is 0.723. The van der Waals surface area contributed by atoms with E-state index in [0.717, 1.165) is 39.7 Å². The van der Waals surface area contributed by atoms with Gasteiger partial charge in [-0.2, -0.15) is 0 Å². The number of nitrogens with two attached hydrogens (primary N) is 1. The Labute approximate surface area is 158 Å². The maximum Gasteiger partial charge on any atom is 0.141 e. The van der Waals surface area contributed by atoms with E-state index in [1.165, 1.54) is 16.7 Å². The molecule has 1 heterocycles. The van der Waals surface area contributed by atoms with Gasteiger partial charge >= 0.3 is 0 Å². The second kappa shape index (κ2) is 6.50. The molecule has 0 radical (unpaired) electrons. The second-order valence-corrected chi connectivity index (χ2v) is 7.14. The third kappa shape index (κ3) is 3.06. The molecule has 0 fully saturated rings. The highest BCUT2D eigenvalue weighted by molar-refractivity contribution is 6.30. The van der Waals surface area contributed by atoms with Crippen molar-refractivity contribution in [2.45, 2.75) is 20.4 Å². The molecule has 4 aromatic rings. The molecule has 1 aromatic heterocycles. The van der Waals surface area contributed by atoms with Crippen molar-refractivity contribution in [3.8, 4) is 11.4 Å². The summed E-state index contributed by atoms with van der Waals surface area (Å²) in [6.07, 6.45) is 0. The molecule has 3 aromatic carbocycles. The number of nitrogens with zero attached hydrogens (tertiary/aromatic N) is 2. The zero-order valence-electron chi connectivity index (χ0n) is 14.8. The Bertz CT molecular complexity index is 1090. The van der Waals surface area contributed by atoms with Gasteiger partial charge in [0.25, 0.3) is 0 Å². The minimum Gasteiger partial charge on any atom is -0.399 e. The Kier molecular flexibility index (Phi) is 4.17. The van der Waals surface area contributed by atoms with Gasteiger partial charge in [0.05, 0.1) is 11.0 Å². The molecule has 2 N–H and O–H groups in total. The fourth-order valence-electron chi connectivity index (χ4n) is 3.21. The van der Waals surface area contributed by atoms with Crippen molar-refractivity contribution >= 4 is 28.3 Å². The summed E-state index contributed by atoms with van der Waals surface area (Å²) in [5, 5.41) is 0.742. The SMILES string of the molecule is Cc1cc2nc(-c3cccc(N)c3)n(Cc3ccc(Cl)cc3)c2cc1C. The van der Waals surface area contributed by atoms with Crippen LogP contribution in [-0.2, 0) is 6.54 Å². The van der Waals surface area contributed by atoms with Gasteiger partial charge in [-0.25, -0.2) is 4.98 Å². The highest BCUT2D eigenvalue weighted by Crippen LogP contribution is 2.29. The van der Waals surface area contributed by atoms with Crippen LogP contribution >= 0.6 is 11.6 Å². The Morgan fingerprint density at radius 2 is 1.69 bits per heavy atom. The van der Waals surface area contributed by atoms with Gasteiger partial charge in [-0.3, -0.25) is 0 Å². The Morgan fingerprint density at radius 1 is 0.962 bits per heavy atom.